The van der Waals surface area contributed by atoms with Gasteiger partial charge in [0.05, 0.1) is 13.7 Å². The van der Waals surface area contributed by atoms with Gasteiger partial charge in [-0.15, -0.1) is 11.8 Å². The Balaban J connectivity index is 2.79. The number of benzene rings is 1. The van der Waals surface area contributed by atoms with Crippen molar-refractivity contribution in [2.75, 3.05) is 19.5 Å². The molecule has 0 amide bonds. The van der Waals surface area contributed by atoms with Crippen molar-refractivity contribution in [1.29, 1.82) is 0 Å². The summed E-state index contributed by atoms with van der Waals surface area (Å²) in [6.45, 7) is 2.27. The van der Waals surface area contributed by atoms with Gasteiger partial charge in [0.15, 0.2) is 0 Å². The van der Waals surface area contributed by atoms with E-state index in [-0.39, 0.29) is 17.9 Å². The highest BCUT2D eigenvalue weighted by Crippen LogP contribution is 2.33. The quantitative estimate of drug-likeness (QED) is 0.784. The van der Waals surface area contributed by atoms with Gasteiger partial charge in [-0.05, 0) is 24.1 Å². The van der Waals surface area contributed by atoms with Gasteiger partial charge in [0.1, 0.15) is 5.75 Å². The highest BCUT2D eigenvalue weighted by Gasteiger charge is 2.18. The van der Waals surface area contributed by atoms with Crippen LogP contribution in [-0.2, 0) is 0 Å². The lowest BCUT2D eigenvalue weighted by atomic mass is 10.0. The van der Waals surface area contributed by atoms with Gasteiger partial charge in [0.25, 0.3) is 0 Å². The Morgan fingerprint density at radius 2 is 2.00 bits per heavy atom. The number of rotatable bonds is 7. The van der Waals surface area contributed by atoms with E-state index in [0.29, 0.717) is 5.75 Å². The van der Waals surface area contributed by atoms with Crippen molar-refractivity contribution in [3.63, 3.8) is 0 Å². The molecule has 1 rings (SSSR count). The van der Waals surface area contributed by atoms with E-state index in [2.05, 4.69) is 6.92 Å². The van der Waals surface area contributed by atoms with E-state index in [1.807, 2.05) is 24.3 Å². The molecule has 0 saturated heterocycles. The third-order valence-corrected chi connectivity index (χ3v) is 4.09. The van der Waals surface area contributed by atoms with Crippen molar-refractivity contribution >= 4 is 11.8 Å². The lowest BCUT2D eigenvalue weighted by molar-refractivity contribution is 0.322. The standard InChI is InChI=1S/C13H21NO2S/c1-3-12(14)13(17-9-8-15)10-4-6-11(16-2)7-5-10/h4-7,12-13,15H,3,8-9,14H2,1-2H3. The van der Waals surface area contributed by atoms with Gasteiger partial charge in [-0.1, -0.05) is 19.1 Å². The van der Waals surface area contributed by atoms with Crippen LogP contribution in [0.3, 0.4) is 0 Å². The van der Waals surface area contributed by atoms with Crippen LogP contribution < -0.4 is 10.5 Å². The smallest absolute Gasteiger partial charge is 0.118 e. The molecule has 3 nitrogen and oxygen atoms in total. The average Bonchev–Trinajstić information content (AvgIpc) is 2.39. The predicted molar refractivity (Wildman–Crippen MR) is 73.5 cm³/mol. The van der Waals surface area contributed by atoms with Gasteiger partial charge in [-0.3, -0.25) is 0 Å². The zero-order chi connectivity index (χ0) is 12.7. The van der Waals surface area contributed by atoms with Crippen molar-refractivity contribution in [2.45, 2.75) is 24.6 Å². The van der Waals surface area contributed by atoms with Gasteiger partial charge in [0.2, 0.25) is 0 Å². The summed E-state index contributed by atoms with van der Waals surface area (Å²) in [5, 5.41) is 9.15. The normalized spacial score (nSPS) is 14.4. The zero-order valence-corrected chi connectivity index (χ0v) is 11.2. The molecule has 3 N–H and O–H groups in total. The first-order valence-corrected chi connectivity index (χ1v) is 6.89. The van der Waals surface area contributed by atoms with Gasteiger partial charge in [0, 0.05) is 17.0 Å². The number of aliphatic hydroxyl groups is 1. The first-order valence-electron chi connectivity index (χ1n) is 5.85. The van der Waals surface area contributed by atoms with Crippen molar-refractivity contribution < 1.29 is 9.84 Å². The Hall–Kier alpha value is -0.710. The number of aliphatic hydroxyl groups excluding tert-OH is 1. The number of nitrogens with two attached hydrogens (primary N) is 1. The second-order valence-corrected chi connectivity index (χ2v) is 5.11. The molecule has 0 heterocycles. The Kier molecular flexibility index (Phi) is 6.40. The topological polar surface area (TPSA) is 55.5 Å². The SMILES string of the molecule is CCC(N)C(SCCO)c1ccc(OC)cc1. The summed E-state index contributed by atoms with van der Waals surface area (Å²) in [5.74, 6) is 1.56. The summed E-state index contributed by atoms with van der Waals surface area (Å²) >= 11 is 1.70. The van der Waals surface area contributed by atoms with Crippen LogP contribution in [0, 0.1) is 0 Å². The minimum Gasteiger partial charge on any atom is -0.497 e. The van der Waals surface area contributed by atoms with E-state index < -0.39 is 0 Å². The molecular formula is C13H21NO2S. The lowest BCUT2D eigenvalue weighted by Gasteiger charge is -2.22. The molecule has 0 spiro atoms. The van der Waals surface area contributed by atoms with E-state index in [0.717, 1.165) is 12.2 Å². The van der Waals surface area contributed by atoms with Crippen molar-refractivity contribution in [2.24, 2.45) is 5.73 Å². The Morgan fingerprint density at radius 3 is 2.47 bits per heavy atom. The Labute approximate surface area is 107 Å². The van der Waals surface area contributed by atoms with Gasteiger partial charge in [-0.2, -0.15) is 0 Å². The first kappa shape index (κ1) is 14.4. The van der Waals surface area contributed by atoms with E-state index >= 15 is 0 Å². The van der Waals surface area contributed by atoms with Crippen LogP contribution in [0.25, 0.3) is 0 Å². The third-order valence-electron chi connectivity index (χ3n) is 2.69. The summed E-state index contributed by atoms with van der Waals surface area (Å²) < 4.78 is 5.14. The summed E-state index contributed by atoms with van der Waals surface area (Å²) in [6, 6.07) is 8.10. The molecule has 0 aliphatic heterocycles. The van der Waals surface area contributed by atoms with Crippen LogP contribution in [0.1, 0.15) is 24.2 Å². The molecule has 1 aromatic carbocycles. The highest BCUT2D eigenvalue weighted by atomic mass is 32.2. The fourth-order valence-corrected chi connectivity index (χ4v) is 2.80. The minimum absolute atomic E-state index is 0.111. The molecule has 2 unspecified atom stereocenters. The van der Waals surface area contributed by atoms with Crippen LogP contribution in [0.15, 0.2) is 24.3 Å². The van der Waals surface area contributed by atoms with E-state index in [4.69, 9.17) is 15.6 Å². The fourth-order valence-electron chi connectivity index (χ4n) is 1.65. The molecule has 0 aromatic heterocycles. The fraction of sp³-hybridized carbons (Fsp3) is 0.538. The molecule has 17 heavy (non-hydrogen) atoms. The molecule has 4 heteroatoms. The molecular weight excluding hydrogens is 234 g/mol. The highest BCUT2D eigenvalue weighted by molar-refractivity contribution is 7.99. The van der Waals surface area contributed by atoms with Gasteiger partial charge < -0.3 is 15.6 Å². The largest absolute Gasteiger partial charge is 0.497 e. The summed E-state index contributed by atoms with van der Waals surface area (Å²) in [4.78, 5) is 0. The molecule has 0 aliphatic carbocycles. The number of thioether (sulfide) groups is 1. The molecule has 0 fully saturated rings. The minimum atomic E-state index is 0.111. The van der Waals surface area contributed by atoms with E-state index in [1.54, 1.807) is 18.9 Å². The van der Waals surface area contributed by atoms with Crippen molar-refractivity contribution in [3.05, 3.63) is 29.8 Å². The summed E-state index contributed by atoms with van der Waals surface area (Å²) in [5.41, 5.74) is 7.32. The summed E-state index contributed by atoms with van der Waals surface area (Å²) in [7, 11) is 1.66. The maximum absolute atomic E-state index is 8.92. The van der Waals surface area contributed by atoms with Crippen LogP contribution in [0.5, 0.6) is 5.75 Å². The molecule has 0 saturated carbocycles. The molecule has 0 aliphatic rings. The van der Waals surface area contributed by atoms with Crippen molar-refractivity contribution in [1.82, 2.24) is 0 Å². The maximum Gasteiger partial charge on any atom is 0.118 e. The molecule has 0 bridgehead atoms. The molecule has 1 aromatic rings. The van der Waals surface area contributed by atoms with E-state index in [1.165, 1.54) is 5.56 Å². The number of methoxy groups -OCH3 is 1. The van der Waals surface area contributed by atoms with Gasteiger partial charge in [-0.25, -0.2) is 0 Å². The Morgan fingerprint density at radius 1 is 1.35 bits per heavy atom. The maximum atomic E-state index is 8.92. The monoisotopic (exact) mass is 255 g/mol. The van der Waals surface area contributed by atoms with Crippen LogP contribution in [0.2, 0.25) is 0 Å². The summed E-state index contributed by atoms with van der Waals surface area (Å²) in [6.07, 6.45) is 0.926. The molecule has 2 atom stereocenters. The van der Waals surface area contributed by atoms with E-state index in [9.17, 15) is 0 Å². The zero-order valence-electron chi connectivity index (χ0n) is 10.4. The molecule has 96 valence electrons. The molecule has 0 radical (unpaired) electrons. The third kappa shape index (κ3) is 4.22. The van der Waals surface area contributed by atoms with Crippen LogP contribution in [-0.4, -0.2) is 30.6 Å². The second kappa shape index (κ2) is 7.58. The van der Waals surface area contributed by atoms with Crippen LogP contribution in [0.4, 0.5) is 0 Å². The number of hydrogen-bond acceptors (Lipinski definition) is 4. The van der Waals surface area contributed by atoms with Gasteiger partial charge >= 0.3 is 0 Å². The van der Waals surface area contributed by atoms with Crippen molar-refractivity contribution in [3.8, 4) is 5.75 Å². The average molecular weight is 255 g/mol. The number of hydrogen-bond donors (Lipinski definition) is 2. The Bertz CT molecular complexity index is 316. The lowest BCUT2D eigenvalue weighted by Crippen LogP contribution is -2.26. The second-order valence-electron chi connectivity index (χ2n) is 3.86. The first-order chi connectivity index (χ1) is 8.22. The van der Waals surface area contributed by atoms with Crippen LogP contribution >= 0.6 is 11.8 Å². The predicted octanol–water partition coefficient (Wildman–Crippen LogP) is 2.20. The number of ether oxygens (including phenoxy) is 1.